The Labute approximate surface area is 162 Å². The van der Waals surface area contributed by atoms with Crippen molar-refractivity contribution in [1.29, 1.82) is 0 Å². The molecule has 0 aromatic heterocycles. The number of ether oxygens (including phenoxy) is 1. The van der Waals surface area contributed by atoms with Crippen LogP contribution in [0.3, 0.4) is 0 Å². The van der Waals surface area contributed by atoms with E-state index in [4.69, 9.17) is 4.74 Å². The zero-order valence-corrected chi connectivity index (χ0v) is 14.6. The summed E-state index contributed by atoms with van der Waals surface area (Å²) in [5, 5.41) is 24.3. The number of hydrogen-bond donors (Lipinski definition) is 0. The maximum Gasteiger partial charge on any atom is 0.363 e. The molecule has 29 heavy (non-hydrogen) atoms. The second kappa shape index (κ2) is 6.97. The number of esters is 1. The van der Waals surface area contributed by atoms with Gasteiger partial charge in [0, 0.05) is 17.7 Å². The summed E-state index contributed by atoms with van der Waals surface area (Å²) in [6, 6.07) is 16.3. The SMILES string of the molecule is O=C1OC(c2cccc3ccccc23)=N/C1=C/c1c([N+](=O)[O-])cccc1[N+](=O)[O-]. The fourth-order valence-corrected chi connectivity index (χ4v) is 3.08. The summed E-state index contributed by atoms with van der Waals surface area (Å²) in [5.41, 5.74) is -1.03. The van der Waals surface area contributed by atoms with E-state index in [0.29, 0.717) is 5.56 Å². The molecule has 0 aliphatic carbocycles. The molecule has 0 spiro atoms. The monoisotopic (exact) mass is 389 g/mol. The van der Waals surface area contributed by atoms with Gasteiger partial charge in [0.25, 0.3) is 11.4 Å². The third-order valence-electron chi connectivity index (χ3n) is 4.38. The predicted octanol–water partition coefficient (Wildman–Crippen LogP) is 4.00. The van der Waals surface area contributed by atoms with Crippen LogP contribution in [0, 0.1) is 20.2 Å². The molecule has 0 N–H and O–H groups in total. The van der Waals surface area contributed by atoms with Crippen molar-refractivity contribution in [2.24, 2.45) is 4.99 Å². The van der Waals surface area contributed by atoms with Crippen molar-refractivity contribution in [3.63, 3.8) is 0 Å². The van der Waals surface area contributed by atoms with Crippen LogP contribution in [0.5, 0.6) is 0 Å². The third kappa shape index (κ3) is 3.21. The lowest BCUT2D eigenvalue weighted by Gasteiger charge is -2.04. The molecule has 1 aliphatic heterocycles. The summed E-state index contributed by atoms with van der Waals surface area (Å²) in [5.74, 6) is -0.820. The van der Waals surface area contributed by atoms with Crippen LogP contribution in [0.2, 0.25) is 0 Å². The first kappa shape index (κ1) is 18.0. The fourth-order valence-electron chi connectivity index (χ4n) is 3.08. The third-order valence-corrected chi connectivity index (χ3v) is 4.38. The van der Waals surface area contributed by atoms with E-state index >= 15 is 0 Å². The number of fused-ring (bicyclic) bond motifs is 1. The Hall–Kier alpha value is -4.40. The van der Waals surface area contributed by atoms with Crippen LogP contribution < -0.4 is 0 Å². The molecule has 142 valence electrons. The van der Waals surface area contributed by atoms with Gasteiger partial charge in [0.2, 0.25) is 5.90 Å². The Morgan fingerprint density at radius 3 is 2.17 bits per heavy atom. The van der Waals surface area contributed by atoms with Gasteiger partial charge in [0.1, 0.15) is 5.56 Å². The number of nitro benzene ring substituents is 2. The molecule has 0 fully saturated rings. The lowest BCUT2D eigenvalue weighted by Crippen LogP contribution is -2.06. The quantitative estimate of drug-likeness (QED) is 0.287. The smallest absolute Gasteiger partial charge is 0.363 e. The number of carbonyl (C=O) groups excluding carboxylic acids is 1. The van der Waals surface area contributed by atoms with Gasteiger partial charge in [0.05, 0.1) is 9.85 Å². The van der Waals surface area contributed by atoms with Gasteiger partial charge in [0.15, 0.2) is 5.70 Å². The van der Waals surface area contributed by atoms with E-state index in [0.717, 1.165) is 29.0 Å². The Kier molecular flexibility index (Phi) is 4.32. The minimum atomic E-state index is -0.847. The number of carbonyl (C=O) groups is 1. The molecular weight excluding hydrogens is 378 g/mol. The van der Waals surface area contributed by atoms with Gasteiger partial charge in [-0.1, -0.05) is 36.4 Å². The number of benzene rings is 3. The fraction of sp³-hybridized carbons (Fsp3) is 0. The van der Waals surface area contributed by atoms with Crippen molar-refractivity contribution < 1.29 is 19.4 Å². The number of rotatable bonds is 4. The topological polar surface area (TPSA) is 125 Å². The molecule has 1 aliphatic rings. The van der Waals surface area contributed by atoms with Crippen LogP contribution in [0.1, 0.15) is 11.1 Å². The van der Waals surface area contributed by atoms with Gasteiger partial charge >= 0.3 is 5.97 Å². The number of nitrogens with zero attached hydrogens (tertiary/aromatic N) is 3. The molecule has 0 atom stereocenters. The Morgan fingerprint density at radius 2 is 1.48 bits per heavy atom. The van der Waals surface area contributed by atoms with Crippen molar-refractivity contribution in [2.75, 3.05) is 0 Å². The first-order valence-electron chi connectivity index (χ1n) is 8.38. The highest BCUT2D eigenvalue weighted by Crippen LogP contribution is 2.32. The minimum absolute atomic E-state index is 0.0271. The second-order valence-corrected chi connectivity index (χ2v) is 6.09. The van der Waals surface area contributed by atoms with E-state index in [2.05, 4.69) is 4.99 Å². The second-order valence-electron chi connectivity index (χ2n) is 6.09. The van der Waals surface area contributed by atoms with Gasteiger partial charge in [-0.15, -0.1) is 0 Å². The van der Waals surface area contributed by atoms with E-state index in [-0.39, 0.29) is 17.2 Å². The standard InChI is InChI=1S/C20H11N3O6/c24-20-16(11-15-17(22(25)26)9-4-10-18(15)23(27)28)21-19(29-20)14-8-3-6-12-5-1-2-7-13(12)14/h1-11H/b16-11+. The highest BCUT2D eigenvalue weighted by atomic mass is 16.6. The molecular formula is C20H11N3O6. The molecule has 0 unspecified atom stereocenters. The van der Waals surface area contributed by atoms with Crippen LogP contribution in [0.4, 0.5) is 11.4 Å². The summed E-state index contributed by atoms with van der Waals surface area (Å²) in [4.78, 5) is 37.5. The van der Waals surface area contributed by atoms with Gasteiger partial charge in [-0.25, -0.2) is 9.79 Å². The van der Waals surface area contributed by atoms with Crippen molar-refractivity contribution in [3.8, 4) is 0 Å². The average Bonchev–Trinajstić information content (AvgIpc) is 3.07. The van der Waals surface area contributed by atoms with Crippen LogP contribution in [-0.2, 0) is 9.53 Å². The molecule has 3 aromatic rings. The Balaban J connectivity index is 1.86. The highest BCUT2D eigenvalue weighted by molar-refractivity contribution is 6.17. The molecule has 0 radical (unpaired) electrons. The van der Waals surface area contributed by atoms with Crippen molar-refractivity contribution in [1.82, 2.24) is 0 Å². The number of cyclic esters (lactones) is 1. The molecule has 4 rings (SSSR count). The number of hydrogen-bond acceptors (Lipinski definition) is 7. The number of aliphatic imine (C=N–C) groups is 1. The van der Waals surface area contributed by atoms with E-state index in [1.807, 2.05) is 30.3 Å². The lowest BCUT2D eigenvalue weighted by atomic mass is 10.0. The zero-order chi connectivity index (χ0) is 20.5. The van der Waals surface area contributed by atoms with Gasteiger partial charge in [-0.05, 0) is 29.0 Å². The number of nitro groups is 2. The largest absolute Gasteiger partial charge is 0.402 e. The van der Waals surface area contributed by atoms with Gasteiger partial charge in [-0.3, -0.25) is 20.2 Å². The maximum absolute atomic E-state index is 12.3. The first-order valence-corrected chi connectivity index (χ1v) is 8.38. The zero-order valence-electron chi connectivity index (χ0n) is 14.6. The highest BCUT2D eigenvalue weighted by Gasteiger charge is 2.29. The predicted molar refractivity (Wildman–Crippen MR) is 104 cm³/mol. The van der Waals surface area contributed by atoms with Gasteiger partial charge in [-0.2, -0.15) is 0 Å². The summed E-state index contributed by atoms with van der Waals surface area (Å²) < 4.78 is 5.24. The molecule has 0 saturated carbocycles. The minimum Gasteiger partial charge on any atom is -0.402 e. The average molecular weight is 389 g/mol. The van der Waals surface area contributed by atoms with E-state index in [1.165, 1.54) is 6.07 Å². The first-order chi connectivity index (χ1) is 14.0. The Morgan fingerprint density at radius 1 is 0.862 bits per heavy atom. The van der Waals surface area contributed by atoms with Crippen molar-refractivity contribution in [2.45, 2.75) is 0 Å². The van der Waals surface area contributed by atoms with Crippen molar-refractivity contribution >= 4 is 40.1 Å². The van der Waals surface area contributed by atoms with E-state index in [1.54, 1.807) is 12.1 Å². The van der Waals surface area contributed by atoms with Gasteiger partial charge < -0.3 is 4.74 Å². The van der Waals surface area contributed by atoms with Crippen LogP contribution in [0.15, 0.2) is 71.4 Å². The summed E-state index contributed by atoms with van der Waals surface area (Å²) >= 11 is 0. The molecule has 3 aromatic carbocycles. The molecule has 1 heterocycles. The maximum atomic E-state index is 12.3. The molecule has 9 nitrogen and oxygen atoms in total. The lowest BCUT2D eigenvalue weighted by molar-refractivity contribution is -0.394. The molecule has 0 saturated heterocycles. The normalized spacial score (nSPS) is 14.7. The summed E-state index contributed by atoms with van der Waals surface area (Å²) in [7, 11) is 0. The molecule has 9 heteroatoms. The van der Waals surface area contributed by atoms with Crippen LogP contribution in [0.25, 0.3) is 16.8 Å². The van der Waals surface area contributed by atoms with Crippen molar-refractivity contribution in [3.05, 3.63) is 97.7 Å². The van der Waals surface area contributed by atoms with Crippen LogP contribution in [-0.4, -0.2) is 21.7 Å². The summed E-state index contributed by atoms with van der Waals surface area (Å²) in [6.07, 6.45) is 1.01. The van der Waals surface area contributed by atoms with E-state index in [9.17, 15) is 25.0 Å². The Bertz CT molecular complexity index is 1220. The molecule has 0 amide bonds. The van der Waals surface area contributed by atoms with E-state index < -0.39 is 27.2 Å². The summed E-state index contributed by atoms with van der Waals surface area (Å²) in [6.45, 7) is 0. The van der Waals surface area contributed by atoms with Crippen LogP contribution >= 0.6 is 0 Å². The molecule has 0 bridgehead atoms.